The number of rotatable bonds is 1. The van der Waals surface area contributed by atoms with Gasteiger partial charge in [0.25, 0.3) is 0 Å². The minimum absolute atomic E-state index is 0.249. The van der Waals surface area contributed by atoms with Crippen LogP contribution in [-0.4, -0.2) is 11.0 Å². The molecule has 0 fully saturated rings. The van der Waals surface area contributed by atoms with E-state index in [4.69, 9.17) is 0 Å². The molecule has 0 saturated carbocycles. The van der Waals surface area contributed by atoms with Crippen LogP contribution in [0.3, 0.4) is 0 Å². The maximum absolute atomic E-state index is 12.2. The minimum Gasteiger partial charge on any atom is -0.425 e. The van der Waals surface area contributed by atoms with Gasteiger partial charge < -0.3 is 4.74 Å². The topological polar surface area (TPSA) is 39.2 Å². The maximum atomic E-state index is 12.2. The third kappa shape index (κ3) is 2.33. The molecule has 0 N–H and O–H groups in total. The van der Waals surface area contributed by atoms with Crippen LogP contribution >= 0.6 is 0 Å². The molecule has 0 unspecified atom stereocenters. The molecule has 0 bridgehead atoms. The van der Waals surface area contributed by atoms with Crippen molar-refractivity contribution in [3.8, 4) is 5.75 Å². The Morgan fingerprint density at radius 3 is 2.82 bits per heavy atom. The molecular weight excluding hydrogens is 149 g/mol. The monoisotopic (exact) mass is 155 g/mol. The Morgan fingerprint density at radius 1 is 1.64 bits per heavy atom. The number of hydrogen-bond donors (Lipinski definition) is 0. The van der Waals surface area contributed by atoms with Crippen LogP contribution in [0.4, 0.5) is 4.39 Å². The second-order valence-corrected chi connectivity index (χ2v) is 1.91. The SMILES string of the molecule is CC(=O)Oc1ccc(F)nc1. The number of carbonyl (C=O) groups is 1. The zero-order valence-electron chi connectivity index (χ0n) is 5.87. The van der Waals surface area contributed by atoms with Crippen LogP contribution in [-0.2, 0) is 4.79 Å². The average Bonchev–Trinajstić information content (AvgIpc) is 1.93. The summed E-state index contributed by atoms with van der Waals surface area (Å²) in [6, 6.07) is 2.46. The Labute approximate surface area is 62.8 Å². The van der Waals surface area contributed by atoms with E-state index in [2.05, 4.69) is 9.72 Å². The molecule has 0 aromatic carbocycles. The van der Waals surface area contributed by atoms with Crippen molar-refractivity contribution in [3.63, 3.8) is 0 Å². The van der Waals surface area contributed by atoms with E-state index in [1.807, 2.05) is 0 Å². The molecule has 58 valence electrons. The number of nitrogens with zero attached hydrogens (tertiary/aromatic N) is 1. The Bertz CT molecular complexity index is 258. The summed E-state index contributed by atoms with van der Waals surface area (Å²) in [4.78, 5) is 13.6. The summed E-state index contributed by atoms with van der Waals surface area (Å²) < 4.78 is 16.8. The number of carbonyl (C=O) groups excluding carboxylic acids is 1. The van der Waals surface area contributed by atoms with Crippen LogP contribution in [0.2, 0.25) is 0 Å². The Hall–Kier alpha value is -1.45. The van der Waals surface area contributed by atoms with Gasteiger partial charge in [0.2, 0.25) is 5.95 Å². The lowest BCUT2D eigenvalue weighted by atomic mass is 10.4. The minimum atomic E-state index is -0.596. The fourth-order valence-electron chi connectivity index (χ4n) is 0.589. The van der Waals surface area contributed by atoms with E-state index in [0.717, 1.165) is 12.3 Å². The van der Waals surface area contributed by atoms with Crippen molar-refractivity contribution < 1.29 is 13.9 Å². The van der Waals surface area contributed by atoms with Crippen molar-refractivity contribution >= 4 is 5.97 Å². The molecule has 3 nitrogen and oxygen atoms in total. The fourth-order valence-corrected chi connectivity index (χ4v) is 0.589. The highest BCUT2D eigenvalue weighted by Crippen LogP contribution is 2.07. The lowest BCUT2D eigenvalue weighted by molar-refractivity contribution is -0.131. The van der Waals surface area contributed by atoms with Gasteiger partial charge in [-0.3, -0.25) is 4.79 Å². The first-order valence-corrected chi connectivity index (χ1v) is 2.98. The fraction of sp³-hybridized carbons (Fsp3) is 0.143. The predicted molar refractivity (Wildman–Crippen MR) is 35.5 cm³/mol. The molecule has 1 aromatic rings. The summed E-state index contributed by atoms with van der Waals surface area (Å²) in [6.45, 7) is 1.27. The number of hydrogen-bond acceptors (Lipinski definition) is 3. The molecule has 0 aliphatic carbocycles. The molecular formula is C7H6FNO2. The molecule has 0 aliphatic rings. The summed E-state index contributed by atoms with van der Waals surface area (Å²) in [5.41, 5.74) is 0. The number of esters is 1. The normalized spacial score (nSPS) is 9.27. The Morgan fingerprint density at radius 2 is 2.36 bits per heavy atom. The summed E-state index contributed by atoms with van der Waals surface area (Å²) in [5.74, 6) is -0.793. The van der Waals surface area contributed by atoms with Crippen LogP contribution in [0.1, 0.15) is 6.92 Å². The summed E-state index contributed by atoms with van der Waals surface area (Å²) >= 11 is 0. The van der Waals surface area contributed by atoms with E-state index in [-0.39, 0.29) is 5.75 Å². The standard InChI is InChI=1S/C7H6FNO2/c1-5(10)11-6-2-3-7(8)9-4-6/h2-4H,1H3. The van der Waals surface area contributed by atoms with E-state index >= 15 is 0 Å². The van der Waals surface area contributed by atoms with Crippen molar-refractivity contribution in [1.82, 2.24) is 4.98 Å². The number of aromatic nitrogens is 1. The van der Waals surface area contributed by atoms with Crippen LogP contribution in [0.15, 0.2) is 18.3 Å². The number of ether oxygens (including phenoxy) is 1. The van der Waals surface area contributed by atoms with Gasteiger partial charge in [-0.15, -0.1) is 0 Å². The number of pyridine rings is 1. The molecule has 1 heterocycles. The van der Waals surface area contributed by atoms with Gasteiger partial charge in [-0.2, -0.15) is 4.39 Å². The highest BCUT2D eigenvalue weighted by molar-refractivity contribution is 5.69. The third-order valence-electron chi connectivity index (χ3n) is 0.962. The molecule has 1 rings (SSSR count). The second kappa shape index (κ2) is 3.09. The van der Waals surface area contributed by atoms with Gasteiger partial charge in [0.05, 0.1) is 6.20 Å². The van der Waals surface area contributed by atoms with Crippen molar-refractivity contribution in [2.75, 3.05) is 0 Å². The van der Waals surface area contributed by atoms with Crippen LogP contribution in [0.5, 0.6) is 5.75 Å². The van der Waals surface area contributed by atoms with E-state index in [9.17, 15) is 9.18 Å². The van der Waals surface area contributed by atoms with Crippen molar-refractivity contribution in [1.29, 1.82) is 0 Å². The summed E-state index contributed by atoms with van der Waals surface area (Å²) in [7, 11) is 0. The molecule has 11 heavy (non-hydrogen) atoms. The van der Waals surface area contributed by atoms with E-state index < -0.39 is 11.9 Å². The molecule has 1 aromatic heterocycles. The zero-order valence-corrected chi connectivity index (χ0v) is 5.87. The van der Waals surface area contributed by atoms with Gasteiger partial charge in [-0.1, -0.05) is 0 Å². The Kier molecular flexibility index (Phi) is 2.15. The summed E-state index contributed by atoms with van der Waals surface area (Å²) in [6.07, 6.45) is 1.15. The molecule has 0 aliphatic heterocycles. The van der Waals surface area contributed by atoms with Gasteiger partial charge in [0.1, 0.15) is 5.75 Å². The Balaban J connectivity index is 2.74. The summed E-state index contributed by atoms with van der Waals surface area (Å²) in [5, 5.41) is 0. The maximum Gasteiger partial charge on any atom is 0.308 e. The van der Waals surface area contributed by atoms with Crippen molar-refractivity contribution in [3.05, 3.63) is 24.3 Å². The van der Waals surface area contributed by atoms with Gasteiger partial charge >= 0.3 is 5.97 Å². The smallest absolute Gasteiger partial charge is 0.308 e. The van der Waals surface area contributed by atoms with E-state index in [0.29, 0.717) is 0 Å². The molecule has 0 radical (unpaired) electrons. The van der Waals surface area contributed by atoms with Gasteiger partial charge in [0.15, 0.2) is 0 Å². The number of halogens is 1. The van der Waals surface area contributed by atoms with Crippen molar-refractivity contribution in [2.24, 2.45) is 0 Å². The van der Waals surface area contributed by atoms with Gasteiger partial charge in [-0.25, -0.2) is 4.98 Å². The van der Waals surface area contributed by atoms with Crippen LogP contribution in [0.25, 0.3) is 0 Å². The quantitative estimate of drug-likeness (QED) is 0.451. The van der Waals surface area contributed by atoms with Gasteiger partial charge in [-0.05, 0) is 12.1 Å². The molecule has 0 atom stereocenters. The average molecular weight is 155 g/mol. The molecule has 4 heteroatoms. The van der Waals surface area contributed by atoms with Crippen LogP contribution < -0.4 is 4.74 Å². The van der Waals surface area contributed by atoms with E-state index in [1.54, 1.807) is 0 Å². The lowest BCUT2D eigenvalue weighted by Gasteiger charge is -1.97. The first-order valence-electron chi connectivity index (χ1n) is 2.98. The zero-order chi connectivity index (χ0) is 8.27. The molecule has 0 amide bonds. The van der Waals surface area contributed by atoms with E-state index in [1.165, 1.54) is 13.0 Å². The highest BCUT2D eigenvalue weighted by Gasteiger charge is 1.97. The second-order valence-electron chi connectivity index (χ2n) is 1.91. The highest BCUT2D eigenvalue weighted by atomic mass is 19.1. The van der Waals surface area contributed by atoms with Gasteiger partial charge in [0, 0.05) is 6.92 Å². The lowest BCUT2D eigenvalue weighted by Crippen LogP contribution is -2.01. The van der Waals surface area contributed by atoms with Crippen LogP contribution in [0, 0.1) is 5.95 Å². The predicted octanol–water partition coefficient (Wildman–Crippen LogP) is 1.15. The van der Waals surface area contributed by atoms with Crippen molar-refractivity contribution in [2.45, 2.75) is 6.92 Å². The molecule has 0 spiro atoms. The molecule has 0 saturated heterocycles. The first-order chi connectivity index (χ1) is 5.18. The first kappa shape index (κ1) is 7.65. The largest absolute Gasteiger partial charge is 0.425 e. The third-order valence-corrected chi connectivity index (χ3v) is 0.962.